The minimum Gasteiger partial charge on any atom is -0.379 e. The maximum atomic E-state index is 4.46. The number of nitrogens with zero attached hydrogens (tertiary/aromatic N) is 3. The highest BCUT2D eigenvalue weighted by atomic mass is 15.2. The minimum absolute atomic E-state index is 0.611. The molecule has 0 radical (unpaired) electrons. The Labute approximate surface area is 109 Å². The van der Waals surface area contributed by atoms with E-state index in [2.05, 4.69) is 27.3 Å². The number of aromatic nitrogens is 1. The lowest BCUT2D eigenvalue weighted by Crippen LogP contribution is -2.53. The molecule has 3 aliphatic rings. The predicted molar refractivity (Wildman–Crippen MR) is 75.1 cm³/mol. The van der Waals surface area contributed by atoms with Crippen LogP contribution in [0.1, 0.15) is 12.8 Å². The van der Waals surface area contributed by atoms with Crippen molar-refractivity contribution in [2.24, 2.45) is 5.92 Å². The molecule has 2 bridgehead atoms. The SMILES string of the molecule is CN(C)c1ccc(NC2CN3CCC2CC3)cn1. The molecule has 1 aromatic heterocycles. The van der Waals surface area contributed by atoms with Crippen LogP contribution < -0.4 is 10.2 Å². The van der Waals surface area contributed by atoms with E-state index in [-0.39, 0.29) is 0 Å². The number of hydrogen-bond donors (Lipinski definition) is 1. The lowest BCUT2D eigenvalue weighted by molar-refractivity contribution is 0.0975. The number of anilines is 2. The Bertz CT molecular complexity index is 393. The highest BCUT2D eigenvalue weighted by Gasteiger charge is 2.33. The van der Waals surface area contributed by atoms with Crippen molar-refractivity contribution >= 4 is 11.5 Å². The molecule has 0 amide bonds. The molecule has 98 valence electrons. The second-order valence-electron chi connectivity index (χ2n) is 5.69. The first kappa shape index (κ1) is 11.8. The molecule has 1 unspecified atom stereocenters. The van der Waals surface area contributed by atoms with Gasteiger partial charge in [-0.25, -0.2) is 4.98 Å². The van der Waals surface area contributed by atoms with Gasteiger partial charge in [0.25, 0.3) is 0 Å². The first-order valence-electron chi connectivity index (χ1n) is 6.84. The monoisotopic (exact) mass is 246 g/mol. The Kier molecular flexibility index (Phi) is 3.12. The Morgan fingerprint density at radius 2 is 2.06 bits per heavy atom. The van der Waals surface area contributed by atoms with Crippen molar-refractivity contribution in [3.8, 4) is 0 Å². The molecule has 0 aromatic carbocycles. The molecule has 0 aliphatic carbocycles. The van der Waals surface area contributed by atoms with Crippen LogP contribution in [-0.2, 0) is 0 Å². The van der Waals surface area contributed by atoms with E-state index in [9.17, 15) is 0 Å². The first-order chi connectivity index (χ1) is 8.72. The minimum atomic E-state index is 0.611. The fourth-order valence-corrected chi connectivity index (χ4v) is 3.08. The van der Waals surface area contributed by atoms with E-state index in [0.29, 0.717) is 6.04 Å². The topological polar surface area (TPSA) is 31.4 Å². The maximum Gasteiger partial charge on any atom is 0.128 e. The summed E-state index contributed by atoms with van der Waals surface area (Å²) in [5, 5.41) is 3.66. The highest BCUT2D eigenvalue weighted by Crippen LogP contribution is 2.29. The first-order valence-corrected chi connectivity index (χ1v) is 6.84. The molecule has 4 nitrogen and oxygen atoms in total. The van der Waals surface area contributed by atoms with Crippen LogP contribution in [0.25, 0.3) is 0 Å². The van der Waals surface area contributed by atoms with Crippen molar-refractivity contribution in [3.63, 3.8) is 0 Å². The van der Waals surface area contributed by atoms with Crippen LogP contribution >= 0.6 is 0 Å². The molecule has 4 heterocycles. The van der Waals surface area contributed by atoms with Gasteiger partial charge in [-0.15, -0.1) is 0 Å². The number of nitrogens with one attached hydrogen (secondary N) is 1. The maximum absolute atomic E-state index is 4.46. The van der Waals surface area contributed by atoms with Crippen molar-refractivity contribution in [2.45, 2.75) is 18.9 Å². The third-order valence-electron chi connectivity index (χ3n) is 4.21. The normalized spacial score (nSPS) is 30.2. The smallest absolute Gasteiger partial charge is 0.128 e. The number of piperidine rings is 3. The Morgan fingerprint density at radius 3 is 2.56 bits per heavy atom. The zero-order chi connectivity index (χ0) is 12.5. The van der Waals surface area contributed by atoms with E-state index in [0.717, 1.165) is 17.4 Å². The quantitative estimate of drug-likeness (QED) is 0.879. The molecular weight excluding hydrogens is 224 g/mol. The van der Waals surface area contributed by atoms with E-state index < -0.39 is 0 Å². The van der Waals surface area contributed by atoms with Gasteiger partial charge in [0.2, 0.25) is 0 Å². The van der Waals surface area contributed by atoms with Gasteiger partial charge in [-0.3, -0.25) is 0 Å². The van der Waals surface area contributed by atoms with Crippen molar-refractivity contribution in [3.05, 3.63) is 18.3 Å². The summed E-state index contributed by atoms with van der Waals surface area (Å²) in [6.45, 7) is 3.78. The average Bonchev–Trinajstić information content (AvgIpc) is 2.41. The highest BCUT2D eigenvalue weighted by molar-refractivity contribution is 5.48. The Morgan fingerprint density at radius 1 is 1.28 bits per heavy atom. The van der Waals surface area contributed by atoms with E-state index in [4.69, 9.17) is 0 Å². The summed E-state index contributed by atoms with van der Waals surface area (Å²) in [6.07, 6.45) is 4.65. The summed E-state index contributed by atoms with van der Waals surface area (Å²) in [5.74, 6) is 1.86. The standard InChI is InChI=1S/C14H22N4/c1-17(2)14-4-3-12(9-15-14)16-13-10-18-7-5-11(13)6-8-18/h3-4,9,11,13,16H,5-8,10H2,1-2H3. The zero-order valence-electron chi connectivity index (χ0n) is 11.3. The third kappa shape index (κ3) is 2.29. The molecule has 4 heteroatoms. The predicted octanol–water partition coefficient (Wildman–Crippen LogP) is 1.65. The molecule has 0 saturated carbocycles. The largest absolute Gasteiger partial charge is 0.379 e. The lowest BCUT2D eigenvalue weighted by atomic mass is 9.84. The molecule has 1 atom stereocenters. The van der Waals surface area contributed by atoms with Crippen molar-refractivity contribution in [2.75, 3.05) is 43.9 Å². The van der Waals surface area contributed by atoms with Gasteiger partial charge in [-0.2, -0.15) is 0 Å². The molecule has 3 aliphatic heterocycles. The van der Waals surface area contributed by atoms with E-state index in [1.807, 2.05) is 25.2 Å². The van der Waals surface area contributed by atoms with Crippen LogP contribution in [0.2, 0.25) is 0 Å². The molecule has 3 saturated heterocycles. The van der Waals surface area contributed by atoms with Gasteiger partial charge in [-0.05, 0) is 44.0 Å². The fraction of sp³-hybridized carbons (Fsp3) is 0.643. The van der Waals surface area contributed by atoms with Gasteiger partial charge >= 0.3 is 0 Å². The average molecular weight is 246 g/mol. The molecule has 1 aromatic rings. The van der Waals surface area contributed by atoms with E-state index in [1.165, 1.54) is 32.5 Å². The number of rotatable bonds is 3. The number of fused-ring (bicyclic) bond motifs is 3. The lowest BCUT2D eigenvalue weighted by Gasteiger charge is -2.45. The molecule has 0 spiro atoms. The van der Waals surface area contributed by atoms with Crippen molar-refractivity contribution in [1.82, 2.24) is 9.88 Å². The Hall–Kier alpha value is -1.29. The van der Waals surface area contributed by atoms with Gasteiger partial charge < -0.3 is 15.1 Å². The fourth-order valence-electron chi connectivity index (χ4n) is 3.08. The summed E-state index contributed by atoms with van der Waals surface area (Å²) in [7, 11) is 4.03. The van der Waals surface area contributed by atoms with Gasteiger partial charge in [0.15, 0.2) is 0 Å². The summed E-state index contributed by atoms with van der Waals surface area (Å²) < 4.78 is 0. The van der Waals surface area contributed by atoms with Crippen LogP contribution in [0.4, 0.5) is 11.5 Å². The second-order valence-corrected chi connectivity index (χ2v) is 5.69. The van der Waals surface area contributed by atoms with Crippen molar-refractivity contribution < 1.29 is 0 Å². The van der Waals surface area contributed by atoms with Crippen molar-refractivity contribution in [1.29, 1.82) is 0 Å². The van der Waals surface area contributed by atoms with Crippen LogP contribution in [0.5, 0.6) is 0 Å². The van der Waals surface area contributed by atoms with Crippen LogP contribution in [0, 0.1) is 5.92 Å². The third-order valence-corrected chi connectivity index (χ3v) is 4.21. The van der Waals surface area contributed by atoms with Crippen LogP contribution in [-0.4, -0.2) is 49.7 Å². The second kappa shape index (κ2) is 4.76. The molecular formula is C14H22N4. The molecule has 18 heavy (non-hydrogen) atoms. The van der Waals surface area contributed by atoms with Gasteiger partial charge in [0.05, 0.1) is 11.9 Å². The summed E-state index contributed by atoms with van der Waals surface area (Å²) >= 11 is 0. The number of hydrogen-bond acceptors (Lipinski definition) is 4. The Balaban J connectivity index is 1.65. The zero-order valence-corrected chi connectivity index (χ0v) is 11.3. The molecule has 4 rings (SSSR count). The summed E-state index contributed by atoms with van der Waals surface area (Å²) in [4.78, 5) is 9.05. The number of pyridine rings is 1. The van der Waals surface area contributed by atoms with Gasteiger partial charge in [-0.1, -0.05) is 0 Å². The van der Waals surface area contributed by atoms with Crippen LogP contribution in [0.3, 0.4) is 0 Å². The van der Waals surface area contributed by atoms with E-state index in [1.54, 1.807) is 0 Å². The van der Waals surface area contributed by atoms with Gasteiger partial charge in [0, 0.05) is 26.7 Å². The summed E-state index contributed by atoms with van der Waals surface area (Å²) in [5.41, 5.74) is 1.15. The van der Waals surface area contributed by atoms with Crippen LogP contribution in [0.15, 0.2) is 18.3 Å². The molecule has 3 fully saturated rings. The molecule has 1 N–H and O–H groups in total. The van der Waals surface area contributed by atoms with Gasteiger partial charge in [0.1, 0.15) is 5.82 Å². The summed E-state index contributed by atoms with van der Waals surface area (Å²) in [6, 6.07) is 4.82. The van der Waals surface area contributed by atoms with E-state index >= 15 is 0 Å².